The smallest absolute Gasteiger partial charge is 0.207 e. The van der Waals surface area contributed by atoms with E-state index in [1.807, 2.05) is 0 Å². The van der Waals surface area contributed by atoms with Gasteiger partial charge in [-0.05, 0) is 35.4 Å². The summed E-state index contributed by atoms with van der Waals surface area (Å²) in [5.74, 6) is -2.49. The van der Waals surface area contributed by atoms with Crippen LogP contribution in [0.2, 0.25) is 0 Å². The van der Waals surface area contributed by atoms with Crippen molar-refractivity contribution < 1.29 is 35.1 Å². The van der Waals surface area contributed by atoms with Crippen molar-refractivity contribution >= 4 is 0 Å². The molecular weight excluding hydrogens is 320 g/mol. The molecule has 0 heterocycles. The molecule has 2 rings (SSSR count). The Morgan fingerprint density at radius 2 is 0.864 bits per heavy atom. The highest BCUT2D eigenvalue weighted by Gasteiger charge is 2.38. The Labute approximate surface area is 119 Å². The van der Waals surface area contributed by atoms with Crippen molar-refractivity contribution in [1.29, 1.82) is 0 Å². The van der Waals surface area contributed by atoms with E-state index in [1.54, 1.807) is 0 Å². The summed E-state index contributed by atoms with van der Waals surface area (Å²) in [4.78, 5) is 0. The second-order valence-corrected chi connectivity index (χ2v) is 4.38. The van der Waals surface area contributed by atoms with Crippen LogP contribution in [-0.2, 0) is 12.4 Å². The Balaban J connectivity index is 2.78. The van der Waals surface area contributed by atoms with E-state index in [2.05, 4.69) is 0 Å². The highest BCUT2D eigenvalue weighted by Crippen LogP contribution is 2.42. The first kappa shape index (κ1) is 16.3. The Hall–Kier alpha value is -2.12. The molecule has 0 radical (unpaired) electrons. The molecule has 0 aliphatic rings. The van der Waals surface area contributed by atoms with Gasteiger partial charge in [-0.25, -0.2) is 8.78 Å². The lowest BCUT2D eigenvalue weighted by atomic mass is 9.94. The van der Waals surface area contributed by atoms with Gasteiger partial charge in [-0.2, -0.15) is 26.3 Å². The molecule has 0 saturated heterocycles. The first-order valence-corrected chi connectivity index (χ1v) is 5.74. The van der Waals surface area contributed by atoms with Crippen LogP contribution in [0, 0.1) is 11.6 Å². The molecule has 0 amide bonds. The molecule has 2 aromatic rings. The average molecular weight is 326 g/mol. The van der Waals surface area contributed by atoms with Crippen molar-refractivity contribution in [2.75, 3.05) is 0 Å². The van der Waals surface area contributed by atoms with Crippen molar-refractivity contribution in [2.24, 2.45) is 0 Å². The first-order valence-electron chi connectivity index (χ1n) is 5.74. The summed E-state index contributed by atoms with van der Waals surface area (Å²) in [5.41, 5.74) is -4.88. The molecule has 0 fully saturated rings. The molecule has 118 valence electrons. The lowest BCUT2D eigenvalue weighted by molar-refractivity contribution is -0.139. The summed E-state index contributed by atoms with van der Waals surface area (Å²) < 4.78 is 103. The Morgan fingerprint density at radius 1 is 0.545 bits per heavy atom. The summed E-state index contributed by atoms with van der Waals surface area (Å²) in [6, 6.07) is 2.57. The molecule has 2 aromatic carbocycles. The Morgan fingerprint density at radius 3 is 1.14 bits per heavy atom. The fraction of sp³-hybridized carbons (Fsp3) is 0.143. The molecule has 0 nitrogen and oxygen atoms in total. The quantitative estimate of drug-likeness (QED) is 0.592. The molecule has 0 atom stereocenters. The normalized spacial score (nSPS) is 12.5. The van der Waals surface area contributed by atoms with Crippen molar-refractivity contribution in [2.45, 2.75) is 12.4 Å². The van der Waals surface area contributed by atoms with Gasteiger partial charge in [0.25, 0.3) is 0 Å². The second kappa shape index (κ2) is 5.26. The number of rotatable bonds is 1. The van der Waals surface area contributed by atoms with Crippen LogP contribution < -0.4 is 0 Å². The largest absolute Gasteiger partial charge is 0.417 e. The zero-order valence-corrected chi connectivity index (χ0v) is 10.5. The van der Waals surface area contributed by atoms with E-state index in [0.29, 0.717) is 24.3 Å². The van der Waals surface area contributed by atoms with Crippen molar-refractivity contribution in [3.05, 3.63) is 59.2 Å². The van der Waals surface area contributed by atoms with Gasteiger partial charge in [-0.1, -0.05) is 12.1 Å². The van der Waals surface area contributed by atoms with Gasteiger partial charge in [0.2, 0.25) is 0 Å². The molecule has 0 saturated carbocycles. The van der Waals surface area contributed by atoms with Crippen molar-refractivity contribution in [3.63, 3.8) is 0 Å². The van der Waals surface area contributed by atoms with Crippen LogP contribution >= 0.6 is 0 Å². The van der Waals surface area contributed by atoms with Gasteiger partial charge < -0.3 is 0 Å². The predicted octanol–water partition coefficient (Wildman–Crippen LogP) is 5.67. The maximum absolute atomic E-state index is 13.0. The fourth-order valence-corrected chi connectivity index (χ4v) is 1.97. The monoisotopic (exact) mass is 326 g/mol. The molecule has 0 N–H and O–H groups in total. The van der Waals surface area contributed by atoms with Crippen LogP contribution in [0.3, 0.4) is 0 Å². The Bertz CT molecular complexity index is 635. The average Bonchev–Trinajstić information content (AvgIpc) is 2.37. The van der Waals surface area contributed by atoms with Gasteiger partial charge >= 0.3 is 12.4 Å². The van der Waals surface area contributed by atoms with Gasteiger partial charge in [0.1, 0.15) is 11.6 Å². The number of hydrogen-bond acceptors (Lipinski definition) is 0. The molecule has 0 aliphatic heterocycles. The summed E-state index contributed by atoms with van der Waals surface area (Å²) >= 11 is 0. The Kier molecular flexibility index (Phi) is 3.88. The molecule has 0 bridgehead atoms. The minimum absolute atomic E-state index is 0.0961. The molecular formula is C14H6F8. The van der Waals surface area contributed by atoms with Crippen LogP contribution in [-0.4, -0.2) is 0 Å². The van der Waals surface area contributed by atoms with Crippen LogP contribution in [0.5, 0.6) is 0 Å². The highest BCUT2D eigenvalue weighted by atomic mass is 19.4. The molecule has 8 heteroatoms. The zero-order valence-electron chi connectivity index (χ0n) is 10.5. The highest BCUT2D eigenvalue weighted by molar-refractivity contribution is 5.72. The van der Waals surface area contributed by atoms with E-state index in [4.69, 9.17) is 0 Å². The number of hydrogen-bond donors (Lipinski definition) is 0. The molecule has 0 aromatic heterocycles. The molecule has 22 heavy (non-hydrogen) atoms. The van der Waals surface area contributed by atoms with Gasteiger partial charge in [0.15, 0.2) is 0 Å². The topological polar surface area (TPSA) is 0 Å². The number of benzene rings is 2. The van der Waals surface area contributed by atoms with Crippen molar-refractivity contribution in [3.8, 4) is 11.1 Å². The van der Waals surface area contributed by atoms with Gasteiger partial charge in [-0.15, -0.1) is 0 Å². The third-order valence-electron chi connectivity index (χ3n) is 2.86. The first-order chi connectivity index (χ1) is 10.00. The third kappa shape index (κ3) is 3.20. The van der Waals surface area contributed by atoms with E-state index in [0.717, 1.165) is 0 Å². The van der Waals surface area contributed by atoms with Crippen LogP contribution in [0.4, 0.5) is 35.1 Å². The minimum Gasteiger partial charge on any atom is -0.207 e. The second-order valence-electron chi connectivity index (χ2n) is 4.38. The molecule has 0 spiro atoms. The van der Waals surface area contributed by atoms with Crippen LogP contribution in [0.25, 0.3) is 11.1 Å². The van der Waals surface area contributed by atoms with E-state index >= 15 is 0 Å². The maximum Gasteiger partial charge on any atom is 0.417 e. The summed E-state index contributed by atoms with van der Waals surface area (Å²) in [6.45, 7) is 0. The fourth-order valence-electron chi connectivity index (χ4n) is 1.97. The SMILES string of the molecule is Fc1ccc(-c2ccc(F)cc2C(F)(F)F)c(C(F)(F)F)c1. The predicted molar refractivity (Wildman–Crippen MR) is 61.8 cm³/mol. The van der Waals surface area contributed by atoms with Gasteiger partial charge in [0, 0.05) is 0 Å². The van der Waals surface area contributed by atoms with E-state index < -0.39 is 46.2 Å². The summed E-state index contributed by atoms with van der Waals surface area (Å²) in [7, 11) is 0. The van der Waals surface area contributed by atoms with Gasteiger partial charge in [0.05, 0.1) is 11.1 Å². The van der Waals surface area contributed by atoms with E-state index in [9.17, 15) is 35.1 Å². The minimum atomic E-state index is -5.06. The lowest BCUT2D eigenvalue weighted by Crippen LogP contribution is -2.12. The van der Waals surface area contributed by atoms with E-state index in [1.165, 1.54) is 0 Å². The maximum atomic E-state index is 13.0. The summed E-state index contributed by atoms with van der Waals surface area (Å²) in [6.07, 6.45) is -10.1. The third-order valence-corrected chi connectivity index (χ3v) is 2.86. The lowest BCUT2D eigenvalue weighted by Gasteiger charge is -2.17. The number of alkyl halides is 6. The van der Waals surface area contributed by atoms with Gasteiger partial charge in [-0.3, -0.25) is 0 Å². The van der Waals surface area contributed by atoms with Crippen LogP contribution in [0.1, 0.15) is 11.1 Å². The summed E-state index contributed by atoms with van der Waals surface area (Å²) in [5, 5.41) is 0. The molecule has 0 unspecified atom stereocenters. The molecule has 0 aliphatic carbocycles. The zero-order chi connectivity index (χ0) is 16.7. The van der Waals surface area contributed by atoms with Crippen LogP contribution in [0.15, 0.2) is 36.4 Å². The number of halogens is 8. The standard InChI is InChI=1S/C14H6F8/c15-7-1-3-9(11(5-7)13(17,18)19)10-4-2-8(16)6-12(10)14(20,21)22/h1-6H. The van der Waals surface area contributed by atoms with E-state index in [-0.39, 0.29) is 12.1 Å². The van der Waals surface area contributed by atoms with Crippen molar-refractivity contribution in [1.82, 2.24) is 0 Å².